The van der Waals surface area contributed by atoms with Crippen molar-refractivity contribution in [3.8, 4) is 0 Å². The Morgan fingerprint density at radius 1 is 1.26 bits per heavy atom. The summed E-state index contributed by atoms with van der Waals surface area (Å²) >= 11 is 0. The van der Waals surface area contributed by atoms with E-state index in [2.05, 4.69) is 13.8 Å². The summed E-state index contributed by atoms with van der Waals surface area (Å²) in [5.74, 6) is 0.387. The van der Waals surface area contributed by atoms with Crippen molar-refractivity contribution in [2.45, 2.75) is 33.1 Å². The SMILES string of the molecule is CCC(CC)CCOC(=O)c1ccc2occc2c1. The highest BCUT2D eigenvalue weighted by molar-refractivity contribution is 5.94. The molecule has 0 bridgehead atoms. The van der Waals surface area contributed by atoms with Crippen LogP contribution in [-0.2, 0) is 4.74 Å². The molecule has 102 valence electrons. The molecule has 0 fully saturated rings. The Hall–Kier alpha value is -1.77. The summed E-state index contributed by atoms with van der Waals surface area (Å²) in [6.45, 7) is 4.83. The van der Waals surface area contributed by atoms with Crippen LogP contribution in [0.5, 0.6) is 0 Å². The lowest BCUT2D eigenvalue weighted by Crippen LogP contribution is -2.09. The van der Waals surface area contributed by atoms with Crippen molar-refractivity contribution in [3.05, 3.63) is 36.1 Å². The molecule has 0 aliphatic carbocycles. The van der Waals surface area contributed by atoms with Gasteiger partial charge in [0.1, 0.15) is 5.58 Å². The van der Waals surface area contributed by atoms with Crippen LogP contribution in [0.1, 0.15) is 43.5 Å². The molecule has 0 saturated heterocycles. The Balaban J connectivity index is 1.92. The van der Waals surface area contributed by atoms with Crippen LogP contribution in [0.4, 0.5) is 0 Å². The summed E-state index contributed by atoms with van der Waals surface area (Å²) in [6, 6.07) is 7.19. The fourth-order valence-electron chi connectivity index (χ4n) is 2.19. The van der Waals surface area contributed by atoms with Crippen LogP contribution in [-0.4, -0.2) is 12.6 Å². The van der Waals surface area contributed by atoms with Gasteiger partial charge in [0.15, 0.2) is 0 Å². The molecule has 2 rings (SSSR count). The fourth-order valence-corrected chi connectivity index (χ4v) is 2.19. The molecule has 0 N–H and O–H groups in total. The van der Waals surface area contributed by atoms with Gasteiger partial charge in [0.2, 0.25) is 0 Å². The molecule has 3 heteroatoms. The molecule has 1 heterocycles. The van der Waals surface area contributed by atoms with Crippen molar-refractivity contribution >= 4 is 16.9 Å². The maximum Gasteiger partial charge on any atom is 0.338 e. The van der Waals surface area contributed by atoms with Crippen LogP contribution in [0, 0.1) is 5.92 Å². The van der Waals surface area contributed by atoms with Gasteiger partial charge in [-0.05, 0) is 36.6 Å². The Morgan fingerprint density at radius 3 is 2.79 bits per heavy atom. The fraction of sp³-hybridized carbons (Fsp3) is 0.438. The second-order valence-corrected chi connectivity index (χ2v) is 4.78. The van der Waals surface area contributed by atoms with E-state index in [9.17, 15) is 4.79 Å². The number of ether oxygens (including phenoxy) is 1. The van der Waals surface area contributed by atoms with Gasteiger partial charge in [-0.3, -0.25) is 0 Å². The Bertz CT molecular complexity index is 538. The second kappa shape index (κ2) is 6.41. The van der Waals surface area contributed by atoms with Gasteiger partial charge in [-0.25, -0.2) is 4.79 Å². The molecule has 0 aliphatic heterocycles. The van der Waals surface area contributed by atoms with Crippen LogP contribution >= 0.6 is 0 Å². The average molecular weight is 260 g/mol. The molecule has 0 atom stereocenters. The summed E-state index contributed by atoms with van der Waals surface area (Å²) < 4.78 is 10.6. The summed E-state index contributed by atoms with van der Waals surface area (Å²) in [7, 11) is 0. The first kappa shape index (κ1) is 13.7. The van der Waals surface area contributed by atoms with E-state index in [0.717, 1.165) is 30.2 Å². The third kappa shape index (κ3) is 3.37. The molecule has 1 aromatic heterocycles. The number of carbonyl (C=O) groups excluding carboxylic acids is 1. The van der Waals surface area contributed by atoms with Crippen molar-refractivity contribution in [2.75, 3.05) is 6.61 Å². The predicted molar refractivity (Wildman–Crippen MR) is 75.2 cm³/mol. The summed E-state index contributed by atoms with van der Waals surface area (Å²) in [4.78, 5) is 11.9. The minimum Gasteiger partial charge on any atom is -0.464 e. The van der Waals surface area contributed by atoms with Gasteiger partial charge in [-0.15, -0.1) is 0 Å². The lowest BCUT2D eigenvalue weighted by molar-refractivity contribution is 0.0481. The standard InChI is InChI=1S/C16H20O3/c1-3-12(4-2)7-9-19-16(17)14-5-6-15-13(11-14)8-10-18-15/h5-6,8,10-12H,3-4,7,9H2,1-2H3. The molecular weight excluding hydrogens is 240 g/mol. The number of esters is 1. The van der Waals surface area contributed by atoms with Crippen LogP contribution in [0.3, 0.4) is 0 Å². The van der Waals surface area contributed by atoms with Gasteiger partial charge in [0.25, 0.3) is 0 Å². The number of furan rings is 1. The molecule has 0 unspecified atom stereocenters. The molecule has 0 spiro atoms. The minimum absolute atomic E-state index is 0.256. The molecular formula is C16H20O3. The van der Waals surface area contributed by atoms with Crippen molar-refractivity contribution in [1.82, 2.24) is 0 Å². The number of rotatable bonds is 6. The highest BCUT2D eigenvalue weighted by atomic mass is 16.5. The normalized spacial score (nSPS) is 11.1. The van der Waals surface area contributed by atoms with E-state index in [0.29, 0.717) is 18.1 Å². The van der Waals surface area contributed by atoms with E-state index in [1.165, 1.54) is 0 Å². The lowest BCUT2D eigenvalue weighted by atomic mass is 10.0. The molecule has 0 saturated carbocycles. The van der Waals surface area contributed by atoms with E-state index in [-0.39, 0.29) is 5.97 Å². The quantitative estimate of drug-likeness (QED) is 0.722. The summed E-state index contributed by atoms with van der Waals surface area (Å²) in [5, 5.41) is 0.925. The summed E-state index contributed by atoms with van der Waals surface area (Å²) in [5.41, 5.74) is 1.37. The van der Waals surface area contributed by atoms with Crippen LogP contribution in [0.2, 0.25) is 0 Å². The number of hydrogen-bond donors (Lipinski definition) is 0. The monoisotopic (exact) mass is 260 g/mol. The molecule has 0 amide bonds. The van der Waals surface area contributed by atoms with E-state index >= 15 is 0 Å². The van der Waals surface area contributed by atoms with Gasteiger partial charge in [0, 0.05) is 5.39 Å². The zero-order chi connectivity index (χ0) is 13.7. The largest absolute Gasteiger partial charge is 0.464 e. The number of hydrogen-bond acceptors (Lipinski definition) is 3. The summed E-state index contributed by atoms with van der Waals surface area (Å²) in [6.07, 6.45) is 4.82. The van der Waals surface area contributed by atoms with Crippen LogP contribution in [0.25, 0.3) is 11.0 Å². The second-order valence-electron chi connectivity index (χ2n) is 4.78. The molecule has 0 radical (unpaired) electrons. The topological polar surface area (TPSA) is 39.4 Å². The first-order valence-electron chi connectivity index (χ1n) is 6.89. The van der Waals surface area contributed by atoms with Crippen molar-refractivity contribution in [1.29, 1.82) is 0 Å². The zero-order valence-corrected chi connectivity index (χ0v) is 11.5. The lowest BCUT2D eigenvalue weighted by Gasteiger charge is -2.12. The Morgan fingerprint density at radius 2 is 2.05 bits per heavy atom. The van der Waals surface area contributed by atoms with Crippen molar-refractivity contribution in [2.24, 2.45) is 5.92 Å². The van der Waals surface area contributed by atoms with E-state index in [4.69, 9.17) is 9.15 Å². The highest BCUT2D eigenvalue weighted by Crippen LogP contribution is 2.18. The van der Waals surface area contributed by atoms with E-state index in [1.54, 1.807) is 24.5 Å². The predicted octanol–water partition coefficient (Wildman–Crippen LogP) is 4.42. The molecule has 3 nitrogen and oxygen atoms in total. The third-order valence-electron chi connectivity index (χ3n) is 3.60. The van der Waals surface area contributed by atoms with Crippen LogP contribution in [0.15, 0.2) is 34.9 Å². The molecule has 1 aromatic carbocycles. The maximum atomic E-state index is 11.9. The molecule has 0 aliphatic rings. The average Bonchev–Trinajstić information content (AvgIpc) is 2.90. The molecule has 19 heavy (non-hydrogen) atoms. The van der Waals surface area contributed by atoms with Gasteiger partial charge in [-0.2, -0.15) is 0 Å². The van der Waals surface area contributed by atoms with Crippen molar-refractivity contribution in [3.63, 3.8) is 0 Å². The van der Waals surface area contributed by atoms with Crippen LogP contribution < -0.4 is 0 Å². The first-order chi connectivity index (χ1) is 9.24. The highest BCUT2D eigenvalue weighted by Gasteiger charge is 2.10. The number of benzene rings is 1. The smallest absolute Gasteiger partial charge is 0.338 e. The van der Waals surface area contributed by atoms with E-state index in [1.807, 2.05) is 6.07 Å². The van der Waals surface area contributed by atoms with Gasteiger partial charge < -0.3 is 9.15 Å². The van der Waals surface area contributed by atoms with Crippen molar-refractivity contribution < 1.29 is 13.9 Å². The van der Waals surface area contributed by atoms with Gasteiger partial charge in [-0.1, -0.05) is 26.7 Å². The minimum atomic E-state index is -0.256. The first-order valence-corrected chi connectivity index (χ1v) is 6.89. The van der Waals surface area contributed by atoms with Gasteiger partial charge in [0.05, 0.1) is 18.4 Å². The third-order valence-corrected chi connectivity index (χ3v) is 3.60. The van der Waals surface area contributed by atoms with E-state index < -0.39 is 0 Å². The zero-order valence-electron chi connectivity index (χ0n) is 11.5. The molecule has 2 aromatic rings. The van der Waals surface area contributed by atoms with Gasteiger partial charge >= 0.3 is 5.97 Å². The Kier molecular flexibility index (Phi) is 4.61. The maximum absolute atomic E-state index is 11.9. The number of carbonyl (C=O) groups is 1. The number of fused-ring (bicyclic) bond motifs is 1. The Labute approximate surface area is 113 Å².